The van der Waals surface area contributed by atoms with Crippen molar-refractivity contribution in [3.63, 3.8) is 0 Å². The Hall–Kier alpha value is -2.98. The molecule has 0 fully saturated rings. The van der Waals surface area contributed by atoms with Crippen LogP contribution in [0, 0.1) is 13.8 Å². The summed E-state index contributed by atoms with van der Waals surface area (Å²) in [5.41, 5.74) is 4.23. The van der Waals surface area contributed by atoms with Crippen LogP contribution in [0.15, 0.2) is 29.2 Å². The van der Waals surface area contributed by atoms with Crippen molar-refractivity contribution in [2.24, 2.45) is 12.2 Å². The summed E-state index contributed by atoms with van der Waals surface area (Å²) in [4.78, 5) is 17.2. The van der Waals surface area contributed by atoms with Crippen molar-refractivity contribution < 1.29 is 17.9 Å². The van der Waals surface area contributed by atoms with Crippen LogP contribution < -0.4 is 15.2 Å². The lowest BCUT2D eigenvalue weighted by Gasteiger charge is -2.16. The highest BCUT2D eigenvalue weighted by molar-refractivity contribution is 7.89. The molecule has 1 amide bonds. The highest BCUT2D eigenvalue weighted by Crippen LogP contribution is 2.30. The molecule has 3 N–H and O–H groups in total. The van der Waals surface area contributed by atoms with Gasteiger partial charge in [0.1, 0.15) is 0 Å². The Morgan fingerprint density at radius 1 is 1.32 bits per heavy atom. The van der Waals surface area contributed by atoms with E-state index >= 15 is 0 Å². The van der Waals surface area contributed by atoms with Gasteiger partial charge in [0.2, 0.25) is 21.8 Å². The minimum atomic E-state index is -3.80. The number of aromatic nitrogens is 3. The van der Waals surface area contributed by atoms with Crippen molar-refractivity contribution in [2.45, 2.75) is 44.6 Å². The summed E-state index contributed by atoms with van der Waals surface area (Å²) in [5, 5.41) is 13.3. The van der Waals surface area contributed by atoms with Gasteiger partial charge in [0, 0.05) is 19.2 Å². The fourth-order valence-corrected chi connectivity index (χ4v) is 4.27. The molecule has 0 aliphatic rings. The molecule has 1 aromatic carbocycles. The molecule has 1 unspecified atom stereocenters. The summed E-state index contributed by atoms with van der Waals surface area (Å²) in [6.07, 6.45) is 0.769. The summed E-state index contributed by atoms with van der Waals surface area (Å²) in [6, 6.07) is 5.89. The average Bonchev–Trinajstić information content (AvgIpc) is 3.03. The SMILES string of the molecule is COc1nn(C)c2nc(C)c(CCC(=O)NC(C)c3cccc(S(N)(=O)=O)c3)c(C)c12. The number of fused-ring (bicyclic) bond motifs is 1. The van der Waals surface area contributed by atoms with E-state index in [1.54, 1.807) is 30.8 Å². The second-order valence-electron chi connectivity index (χ2n) is 7.54. The van der Waals surface area contributed by atoms with Crippen LogP contribution in [0.4, 0.5) is 0 Å². The molecule has 3 aromatic rings. The Balaban J connectivity index is 1.75. The Bertz CT molecular complexity index is 1250. The van der Waals surface area contributed by atoms with E-state index in [9.17, 15) is 13.2 Å². The number of rotatable bonds is 7. The predicted octanol–water partition coefficient (Wildman–Crippen LogP) is 2.05. The van der Waals surface area contributed by atoms with Crippen molar-refractivity contribution in [2.75, 3.05) is 7.11 Å². The molecule has 3 rings (SSSR count). The molecule has 9 nitrogen and oxygen atoms in total. The van der Waals surface area contributed by atoms with Crippen molar-refractivity contribution >= 4 is 27.0 Å². The van der Waals surface area contributed by atoms with Gasteiger partial charge in [-0.25, -0.2) is 23.2 Å². The standard InChI is InChI=1S/C21H27N5O4S/c1-12-17(14(3)24-20-19(12)21(30-5)25-26(20)4)9-10-18(27)23-13(2)15-7-6-8-16(11-15)31(22,28)29/h6-8,11,13H,9-10H2,1-5H3,(H,23,27)(H2,22,28,29). The van der Waals surface area contributed by atoms with E-state index in [2.05, 4.69) is 15.4 Å². The maximum absolute atomic E-state index is 12.6. The second-order valence-corrected chi connectivity index (χ2v) is 9.10. The van der Waals surface area contributed by atoms with Gasteiger partial charge in [-0.05, 0) is 56.0 Å². The number of methoxy groups -OCH3 is 1. The lowest BCUT2D eigenvalue weighted by molar-refractivity contribution is -0.121. The maximum atomic E-state index is 12.6. The summed E-state index contributed by atoms with van der Waals surface area (Å²) in [5.74, 6) is 0.363. The number of hydrogen-bond acceptors (Lipinski definition) is 6. The first-order chi connectivity index (χ1) is 14.5. The third-order valence-corrected chi connectivity index (χ3v) is 6.29. The van der Waals surface area contributed by atoms with Gasteiger partial charge in [-0.15, -0.1) is 5.10 Å². The number of pyridine rings is 1. The fourth-order valence-electron chi connectivity index (χ4n) is 3.70. The van der Waals surface area contributed by atoms with E-state index in [0.29, 0.717) is 17.9 Å². The number of nitrogens with zero attached hydrogens (tertiary/aromatic N) is 3. The third-order valence-electron chi connectivity index (χ3n) is 5.38. The largest absolute Gasteiger partial charge is 0.479 e. The van der Waals surface area contributed by atoms with Crippen LogP contribution in [0.2, 0.25) is 0 Å². The summed E-state index contributed by atoms with van der Waals surface area (Å²) in [6.45, 7) is 5.70. The van der Waals surface area contributed by atoms with Gasteiger partial charge in [0.25, 0.3) is 0 Å². The number of hydrogen-bond donors (Lipinski definition) is 2. The zero-order valence-corrected chi connectivity index (χ0v) is 19.1. The number of amides is 1. The van der Waals surface area contributed by atoms with Crippen molar-refractivity contribution in [1.29, 1.82) is 0 Å². The first-order valence-corrected chi connectivity index (χ1v) is 11.4. The van der Waals surface area contributed by atoms with Gasteiger partial charge in [0.15, 0.2) is 5.65 Å². The molecular formula is C21H27N5O4S. The molecule has 10 heteroatoms. The Morgan fingerprint density at radius 3 is 2.68 bits per heavy atom. The van der Waals surface area contributed by atoms with Gasteiger partial charge in [0.05, 0.1) is 23.4 Å². The fraction of sp³-hybridized carbons (Fsp3) is 0.381. The van der Waals surface area contributed by atoms with Gasteiger partial charge in [-0.1, -0.05) is 12.1 Å². The predicted molar refractivity (Wildman–Crippen MR) is 117 cm³/mol. The van der Waals surface area contributed by atoms with E-state index in [0.717, 1.165) is 27.9 Å². The quantitative estimate of drug-likeness (QED) is 0.573. The average molecular weight is 446 g/mol. The molecule has 0 saturated carbocycles. The Kier molecular flexibility index (Phi) is 6.33. The van der Waals surface area contributed by atoms with Crippen LogP contribution >= 0.6 is 0 Å². The van der Waals surface area contributed by atoms with Crippen molar-refractivity contribution in [1.82, 2.24) is 20.1 Å². The second kappa shape index (κ2) is 8.64. The van der Waals surface area contributed by atoms with E-state index in [1.807, 2.05) is 20.9 Å². The van der Waals surface area contributed by atoms with Crippen LogP contribution in [0.3, 0.4) is 0 Å². The molecule has 0 spiro atoms. The van der Waals surface area contributed by atoms with Gasteiger partial charge >= 0.3 is 0 Å². The summed E-state index contributed by atoms with van der Waals surface area (Å²) < 4.78 is 30.2. The number of benzene rings is 1. The molecule has 2 heterocycles. The monoisotopic (exact) mass is 445 g/mol. The molecule has 0 radical (unpaired) electrons. The van der Waals surface area contributed by atoms with E-state index in [1.165, 1.54) is 12.1 Å². The first kappa shape index (κ1) is 22.7. The van der Waals surface area contributed by atoms with Crippen LogP contribution in [0.5, 0.6) is 5.88 Å². The number of primary sulfonamides is 1. The topological polar surface area (TPSA) is 129 Å². The van der Waals surface area contributed by atoms with Crippen LogP contribution in [-0.4, -0.2) is 36.2 Å². The molecule has 0 saturated heterocycles. The summed E-state index contributed by atoms with van der Waals surface area (Å²) >= 11 is 0. The minimum absolute atomic E-state index is 0.0159. The molecule has 2 aromatic heterocycles. The number of sulfonamides is 1. The zero-order chi connectivity index (χ0) is 22.9. The minimum Gasteiger partial charge on any atom is -0.479 e. The number of aryl methyl sites for hydroxylation is 3. The summed E-state index contributed by atoms with van der Waals surface area (Å²) in [7, 11) is -0.416. The van der Waals surface area contributed by atoms with Gasteiger partial charge in [-0.3, -0.25) is 4.79 Å². The lowest BCUT2D eigenvalue weighted by atomic mass is 10.00. The van der Waals surface area contributed by atoms with E-state index in [-0.39, 0.29) is 23.3 Å². The number of carbonyl (C=O) groups excluding carboxylic acids is 1. The highest BCUT2D eigenvalue weighted by atomic mass is 32.2. The zero-order valence-electron chi connectivity index (χ0n) is 18.3. The van der Waals surface area contributed by atoms with E-state index < -0.39 is 10.0 Å². The lowest BCUT2D eigenvalue weighted by Crippen LogP contribution is -2.27. The smallest absolute Gasteiger partial charge is 0.242 e. The molecule has 0 aliphatic carbocycles. The third kappa shape index (κ3) is 4.70. The number of nitrogens with two attached hydrogens (primary N) is 1. The van der Waals surface area contributed by atoms with Crippen LogP contribution in [0.25, 0.3) is 11.0 Å². The molecule has 166 valence electrons. The van der Waals surface area contributed by atoms with Crippen LogP contribution in [-0.2, 0) is 28.3 Å². The number of ether oxygens (including phenoxy) is 1. The number of carbonyl (C=O) groups is 1. The van der Waals surface area contributed by atoms with Crippen LogP contribution in [0.1, 0.15) is 41.8 Å². The molecule has 0 aliphatic heterocycles. The molecule has 0 bridgehead atoms. The van der Waals surface area contributed by atoms with Crippen molar-refractivity contribution in [3.8, 4) is 5.88 Å². The highest BCUT2D eigenvalue weighted by Gasteiger charge is 2.19. The van der Waals surface area contributed by atoms with Gasteiger partial charge in [-0.2, -0.15) is 0 Å². The Labute approximate surface area is 181 Å². The molecule has 1 atom stereocenters. The first-order valence-electron chi connectivity index (χ1n) is 9.81. The normalized spacial score (nSPS) is 12.7. The number of nitrogens with one attached hydrogen (secondary N) is 1. The molecule has 31 heavy (non-hydrogen) atoms. The van der Waals surface area contributed by atoms with Gasteiger partial charge < -0.3 is 10.1 Å². The van der Waals surface area contributed by atoms with E-state index in [4.69, 9.17) is 9.88 Å². The Morgan fingerprint density at radius 2 is 2.03 bits per heavy atom. The molecular weight excluding hydrogens is 418 g/mol. The maximum Gasteiger partial charge on any atom is 0.242 e. The van der Waals surface area contributed by atoms with Crippen molar-refractivity contribution in [3.05, 3.63) is 46.6 Å².